The van der Waals surface area contributed by atoms with Gasteiger partial charge >= 0.3 is 11.9 Å². The highest BCUT2D eigenvalue weighted by Gasteiger charge is 2.26. The summed E-state index contributed by atoms with van der Waals surface area (Å²) in [5, 5.41) is 19.2. The number of carboxylic acid groups (broad SMARTS) is 2. The molecule has 1 aliphatic rings. The van der Waals surface area contributed by atoms with Crippen LogP contribution in [0.3, 0.4) is 0 Å². The quantitative estimate of drug-likeness (QED) is 0.132. The fourth-order valence-electron chi connectivity index (χ4n) is 3.85. The summed E-state index contributed by atoms with van der Waals surface area (Å²) >= 11 is 0. The molecule has 1 aliphatic heterocycles. The molecule has 0 bridgehead atoms. The second-order valence-electron chi connectivity index (χ2n) is 9.14. The maximum absolute atomic E-state index is 10.4. The van der Waals surface area contributed by atoms with Crippen LogP contribution >= 0.6 is 0 Å². The Morgan fingerprint density at radius 1 is 0.788 bits per heavy atom. The highest BCUT2D eigenvalue weighted by atomic mass is 16.4. The fourth-order valence-corrected chi connectivity index (χ4v) is 3.85. The van der Waals surface area contributed by atoms with Crippen LogP contribution in [0.25, 0.3) is 0 Å². The third kappa shape index (κ3) is 23.1. The summed E-state index contributed by atoms with van der Waals surface area (Å²) in [5.74, 6) is -1.76. The molecule has 1 saturated heterocycles. The molecule has 33 heavy (non-hydrogen) atoms. The van der Waals surface area contributed by atoms with Crippen LogP contribution in [-0.2, 0) is 14.4 Å². The number of carboxylic acids is 2. The van der Waals surface area contributed by atoms with Gasteiger partial charge in [-0.05, 0) is 38.5 Å². The van der Waals surface area contributed by atoms with E-state index in [2.05, 4.69) is 24.4 Å². The largest absolute Gasteiger partial charge is 0.481 e. The number of allylic oxidation sites excluding steroid dienone is 2. The molecule has 6 heteroatoms. The van der Waals surface area contributed by atoms with E-state index in [0.29, 0.717) is 19.3 Å². The molecular weight excluding hydrogens is 418 g/mol. The number of hydrogen-bond donors (Lipinski definition) is 3. The van der Waals surface area contributed by atoms with Crippen molar-refractivity contribution in [3.8, 4) is 0 Å². The monoisotopic (exact) mass is 467 g/mol. The van der Waals surface area contributed by atoms with Crippen molar-refractivity contribution in [3.63, 3.8) is 0 Å². The number of nitrogens with one attached hydrogen (secondary N) is 1. The first-order valence-corrected chi connectivity index (χ1v) is 13.4. The molecule has 6 nitrogen and oxygen atoms in total. The van der Waals surface area contributed by atoms with Gasteiger partial charge < -0.3 is 15.5 Å². The van der Waals surface area contributed by atoms with Gasteiger partial charge in [0.15, 0.2) is 0 Å². The van der Waals surface area contributed by atoms with Crippen LogP contribution in [0.1, 0.15) is 135 Å². The Kier molecular flexibility index (Phi) is 22.0. The van der Waals surface area contributed by atoms with Gasteiger partial charge in [-0.15, -0.1) is 0 Å². The van der Waals surface area contributed by atoms with Gasteiger partial charge in [-0.1, -0.05) is 96.1 Å². The zero-order chi connectivity index (χ0) is 24.6. The summed E-state index contributed by atoms with van der Waals surface area (Å²) in [6.45, 7) is 2.27. The predicted molar refractivity (Wildman–Crippen MR) is 134 cm³/mol. The number of rotatable bonds is 20. The number of carbonyl (C=O) groups is 3. The third-order valence-corrected chi connectivity index (χ3v) is 5.95. The Morgan fingerprint density at radius 3 is 1.61 bits per heavy atom. The molecule has 0 unspecified atom stereocenters. The van der Waals surface area contributed by atoms with Gasteiger partial charge in [0, 0.05) is 12.8 Å². The van der Waals surface area contributed by atoms with Crippen LogP contribution in [0.5, 0.6) is 0 Å². The molecule has 1 amide bonds. The highest BCUT2D eigenvalue weighted by molar-refractivity contribution is 5.87. The van der Waals surface area contributed by atoms with Crippen molar-refractivity contribution in [1.82, 2.24) is 5.32 Å². The lowest BCUT2D eigenvalue weighted by Gasteiger charge is -2.01. The van der Waals surface area contributed by atoms with Gasteiger partial charge in [-0.2, -0.15) is 0 Å². The van der Waals surface area contributed by atoms with E-state index in [9.17, 15) is 14.4 Å². The second-order valence-corrected chi connectivity index (χ2v) is 9.14. The van der Waals surface area contributed by atoms with E-state index in [0.717, 1.165) is 12.8 Å². The van der Waals surface area contributed by atoms with Crippen LogP contribution in [0.4, 0.5) is 0 Å². The smallest absolute Gasteiger partial charge is 0.326 e. The van der Waals surface area contributed by atoms with Gasteiger partial charge in [0.25, 0.3) is 0 Å². The maximum Gasteiger partial charge on any atom is 0.326 e. The minimum atomic E-state index is -0.944. The van der Waals surface area contributed by atoms with E-state index in [-0.39, 0.29) is 5.91 Å². The zero-order valence-corrected chi connectivity index (χ0v) is 21.0. The zero-order valence-electron chi connectivity index (χ0n) is 21.0. The van der Waals surface area contributed by atoms with Crippen molar-refractivity contribution < 1.29 is 24.6 Å². The number of amides is 1. The molecule has 3 N–H and O–H groups in total. The first kappa shape index (κ1) is 31.1. The SMILES string of the molecule is CCCCCCCC/C=C\CCCCCCCCCCCC(=O)O.O=C1CC[C@@H](C(=O)O)N1. The van der Waals surface area contributed by atoms with Crippen molar-refractivity contribution in [1.29, 1.82) is 0 Å². The molecule has 1 heterocycles. The minimum Gasteiger partial charge on any atom is -0.481 e. The Bertz CT molecular complexity index is 533. The lowest BCUT2D eigenvalue weighted by Crippen LogP contribution is -2.32. The molecule has 192 valence electrons. The van der Waals surface area contributed by atoms with Crippen molar-refractivity contribution in [3.05, 3.63) is 12.2 Å². The van der Waals surface area contributed by atoms with Gasteiger partial charge in [0.05, 0.1) is 0 Å². The van der Waals surface area contributed by atoms with E-state index in [1.54, 1.807) is 0 Å². The summed E-state index contributed by atoms with van der Waals surface area (Å²) in [5.41, 5.74) is 0. The standard InChI is InChI=1S/C22H42O2.C5H7NO3/c1-2-3-4-5-6-7-8-9-10-11-12-13-14-15-16-17-18-19-20-21-22(23)24;7-4-2-1-3(6-4)5(8)9/h9-10H,2-8,11-21H2,1H3,(H,23,24);3H,1-2H2,(H,6,7)(H,8,9)/b10-9-;/t;3-/m.0/s1. The van der Waals surface area contributed by atoms with E-state index in [4.69, 9.17) is 10.2 Å². The summed E-state index contributed by atoms with van der Waals surface area (Å²) in [6, 6.07) is -0.641. The first-order chi connectivity index (χ1) is 16.0. The van der Waals surface area contributed by atoms with E-state index in [1.807, 2.05) is 0 Å². The van der Waals surface area contributed by atoms with Crippen molar-refractivity contribution in [2.24, 2.45) is 0 Å². The van der Waals surface area contributed by atoms with Crippen LogP contribution in [0, 0.1) is 0 Å². The molecule has 0 aromatic heterocycles. The molecule has 0 aromatic rings. The Morgan fingerprint density at radius 2 is 1.24 bits per heavy atom. The molecule has 0 aromatic carbocycles. The van der Waals surface area contributed by atoms with Crippen LogP contribution < -0.4 is 5.32 Å². The number of carbonyl (C=O) groups excluding carboxylic acids is 1. The number of aliphatic carboxylic acids is 2. The molecular formula is C27H49NO5. The van der Waals surface area contributed by atoms with Gasteiger partial charge in [-0.3, -0.25) is 9.59 Å². The van der Waals surface area contributed by atoms with Crippen LogP contribution in [-0.4, -0.2) is 34.1 Å². The summed E-state index contributed by atoms with van der Waals surface area (Å²) in [4.78, 5) is 30.9. The lowest BCUT2D eigenvalue weighted by molar-refractivity contribution is -0.140. The second kappa shape index (κ2) is 23.3. The van der Waals surface area contributed by atoms with E-state index < -0.39 is 18.0 Å². The van der Waals surface area contributed by atoms with Crippen molar-refractivity contribution in [2.75, 3.05) is 0 Å². The average molecular weight is 468 g/mol. The Hall–Kier alpha value is -1.85. The van der Waals surface area contributed by atoms with E-state index in [1.165, 1.54) is 96.3 Å². The summed E-state index contributed by atoms with van der Waals surface area (Å²) in [6.07, 6.45) is 27.9. The highest BCUT2D eigenvalue weighted by Crippen LogP contribution is 2.12. The van der Waals surface area contributed by atoms with Gasteiger partial charge in [0.1, 0.15) is 6.04 Å². The number of hydrogen-bond acceptors (Lipinski definition) is 3. The van der Waals surface area contributed by atoms with Crippen LogP contribution in [0.2, 0.25) is 0 Å². The molecule has 0 radical (unpaired) electrons. The van der Waals surface area contributed by atoms with Crippen LogP contribution in [0.15, 0.2) is 12.2 Å². The maximum atomic E-state index is 10.4. The lowest BCUT2D eigenvalue weighted by atomic mass is 10.1. The normalized spacial score (nSPS) is 15.3. The Labute approximate surface area is 201 Å². The molecule has 0 aliphatic carbocycles. The van der Waals surface area contributed by atoms with Gasteiger partial charge in [0.2, 0.25) is 5.91 Å². The third-order valence-electron chi connectivity index (χ3n) is 5.95. The van der Waals surface area contributed by atoms with Gasteiger partial charge in [-0.25, -0.2) is 4.79 Å². The Balaban J connectivity index is 0.000000938. The summed E-state index contributed by atoms with van der Waals surface area (Å²) in [7, 11) is 0. The number of unbranched alkanes of at least 4 members (excludes halogenated alkanes) is 15. The molecule has 1 fully saturated rings. The van der Waals surface area contributed by atoms with E-state index >= 15 is 0 Å². The minimum absolute atomic E-state index is 0.164. The topological polar surface area (TPSA) is 104 Å². The fraction of sp³-hybridized carbons (Fsp3) is 0.815. The molecule has 1 rings (SSSR count). The van der Waals surface area contributed by atoms with Crippen molar-refractivity contribution >= 4 is 17.8 Å². The summed E-state index contributed by atoms with van der Waals surface area (Å²) < 4.78 is 0. The molecule has 1 atom stereocenters. The van der Waals surface area contributed by atoms with Crippen molar-refractivity contribution in [2.45, 2.75) is 141 Å². The first-order valence-electron chi connectivity index (χ1n) is 13.4. The molecule has 0 saturated carbocycles. The molecule has 0 spiro atoms. The average Bonchev–Trinajstić information content (AvgIpc) is 3.22. The predicted octanol–water partition coefficient (Wildman–Crippen LogP) is 7.02.